The van der Waals surface area contributed by atoms with E-state index in [0.29, 0.717) is 24.3 Å². The first-order chi connectivity index (χ1) is 9.22. The molecule has 1 saturated heterocycles. The molecule has 0 saturated carbocycles. The summed E-state index contributed by atoms with van der Waals surface area (Å²) < 4.78 is 14.1. The summed E-state index contributed by atoms with van der Waals surface area (Å²) in [6, 6.07) is 2.97. The molecule has 2 N–H and O–H groups in total. The van der Waals surface area contributed by atoms with Crippen molar-refractivity contribution in [1.82, 2.24) is 9.80 Å². The molecule has 2 rings (SSSR count). The highest BCUT2D eigenvalue weighted by molar-refractivity contribution is 5.95. The van der Waals surface area contributed by atoms with E-state index >= 15 is 0 Å². The number of carbonyl (C=O) groups excluding carboxylic acids is 1. The van der Waals surface area contributed by atoms with Crippen LogP contribution >= 0.6 is 0 Å². The van der Waals surface area contributed by atoms with Crippen molar-refractivity contribution in [3.05, 3.63) is 29.1 Å². The average molecular weight is 279 g/mol. The SMILES string of the molecule is Cc1cc(N)cc(C(=O)N2CCN(C)C(C)(C)C2)c1F. The molecule has 0 atom stereocenters. The molecule has 1 aliphatic rings. The number of nitrogens with two attached hydrogens (primary N) is 1. The lowest BCUT2D eigenvalue weighted by Gasteiger charge is -2.45. The molecule has 1 aromatic rings. The smallest absolute Gasteiger partial charge is 0.257 e. The van der Waals surface area contributed by atoms with Gasteiger partial charge in [-0.05, 0) is 45.5 Å². The van der Waals surface area contributed by atoms with Crippen molar-refractivity contribution in [1.29, 1.82) is 0 Å². The Balaban J connectivity index is 2.29. The Bertz CT molecular complexity index is 542. The van der Waals surface area contributed by atoms with Crippen LogP contribution in [0.5, 0.6) is 0 Å². The van der Waals surface area contributed by atoms with Crippen molar-refractivity contribution in [2.24, 2.45) is 0 Å². The lowest BCUT2D eigenvalue weighted by atomic mass is 9.98. The molecule has 1 fully saturated rings. The van der Waals surface area contributed by atoms with Crippen LogP contribution in [-0.4, -0.2) is 47.9 Å². The largest absolute Gasteiger partial charge is 0.399 e. The number of nitrogens with zero attached hydrogens (tertiary/aromatic N) is 2. The van der Waals surface area contributed by atoms with Crippen LogP contribution in [0.3, 0.4) is 0 Å². The second kappa shape index (κ2) is 5.05. The van der Waals surface area contributed by atoms with E-state index < -0.39 is 5.82 Å². The summed E-state index contributed by atoms with van der Waals surface area (Å²) in [4.78, 5) is 16.4. The van der Waals surface area contributed by atoms with Gasteiger partial charge in [0.25, 0.3) is 5.91 Å². The van der Waals surface area contributed by atoms with Gasteiger partial charge >= 0.3 is 0 Å². The van der Waals surface area contributed by atoms with E-state index in [4.69, 9.17) is 5.73 Å². The molecule has 0 unspecified atom stereocenters. The monoisotopic (exact) mass is 279 g/mol. The standard InChI is InChI=1S/C15H22FN3O/c1-10-7-11(17)8-12(13(10)16)14(20)19-6-5-18(4)15(2,3)9-19/h7-8H,5-6,9,17H2,1-4H3. The van der Waals surface area contributed by atoms with Crippen LogP contribution in [0.2, 0.25) is 0 Å². The van der Waals surface area contributed by atoms with Crippen molar-refractivity contribution in [3.8, 4) is 0 Å². The zero-order valence-corrected chi connectivity index (χ0v) is 12.5. The summed E-state index contributed by atoms with van der Waals surface area (Å²) in [6.07, 6.45) is 0. The summed E-state index contributed by atoms with van der Waals surface area (Å²) >= 11 is 0. The van der Waals surface area contributed by atoms with Gasteiger partial charge in [-0.3, -0.25) is 9.69 Å². The minimum Gasteiger partial charge on any atom is -0.399 e. The van der Waals surface area contributed by atoms with Crippen LogP contribution in [0.1, 0.15) is 29.8 Å². The number of carbonyl (C=O) groups is 1. The predicted octanol–water partition coefficient (Wildman–Crippen LogP) is 1.88. The number of anilines is 1. The molecule has 1 heterocycles. The molecular formula is C15H22FN3O. The van der Waals surface area contributed by atoms with Crippen LogP contribution in [0.25, 0.3) is 0 Å². The van der Waals surface area contributed by atoms with Gasteiger partial charge in [-0.1, -0.05) is 0 Å². The second-order valence-corrected chi connectivity index (χ2v) is 6.16. The zero-order chi connectivity index (χ0) is 15.1. The summed E-state index contributed by atoms with van der Waals surface area (Å²) in [6.45, 7) is 7.74. The highest BCUT2D eigenvalue weighted by atomic mass is 19.1. The third-order valence-electron chi connectivity index (χ3n) is 4.11. The third kappa shape index (κ3) is 2.63. The summed E-state index contributed by atoms with van der Waals surface area (Å²) in [5, 5.41) is 0. The quantitative estimate of drug-likeness (QED) is 0.799. The molecule has 0 aromatic heterocycles. The van der Waals surface area contributed by atoms with Gasteiger partial charge in [0.1, 0.15) is 5.82 Å². The Labute approximate surface area is 119 Å². The van der Waals surface area contributed by atoms with Gasteiger partial charge in [0, 0.05) is 30.9 Å². The van der Waals surface area contributed by atoms with E-state index in [1.807, 2.05) is 7.05 Å². The molecule has 110 valence electrons. The van der Waals surface area contributed by atoms with Gasteiger partial charge in [0.2, 0.25) is 0 Å². The molecule has 5 heteroatoms. The van der Waals surface area contributed by atoms with Crippen LogP contribution in [-0.2, 0) is 0 Å². The van der Waals surface area contributed by atoms with E-state index in [2.05, 4.69) is 18.7 Å². The van der Waals surface area contributed by atoms with E-state index in [-0.39, 0.29) is 17.0 Å². The number of likely N-dealkylation sites (N-methyl/N-ethyl adjacent to an activating group) is 1. The zero-order valence-electron chi connectivity index (χ0n) is 12.5. The van der Waals surface area contributed by atoms with Crippen molar-refractivity contribution >= 4 is 11.6 Å². The van der Waals surface area contributed by atoms with Crippen molar-refractivity contribution in [3.63, 3.8) is 0 Å². The highest BCUT2D eigenvalue weighted by Gasteiger charge is 2.34. The molecule has 0 radical (unpaired) electrons. The first-order valence-corrected chi connectivity index (χ1v) is 6.78. The Morgan fingerprint density at radius 2 is 2.00 bits per heavy atom. The number of halogens is 1. The molecular weight excluding hydrogens is 257 g/mol. The molecule has 1 aromatic carbocycles. The Kier molecular flexibility index (Phi) is 3.73. The number of benzene rings is 1. The van der Waals surface area contributed by atoms with E-state index in [0.717, 1.165) is 6.54 Å². The fourth-order valence-electron chi connectivity index (χ4n) is 2.54. The maximum Gasteiger partial charge on any atom is 0.257 e. The van der Waals surface area contributed by atoms with Gasteiger partial charge in [0.15, 0.2) is 0 Å². The predicted molar refractivity (Wildman–Crippen MR) is 78.2 cm³/mol. The number of aryl methyl sites for hydroxylation is 1. The summed E-state index contributed by atoms with van der Waals surface area (Å²) in [5.74, 6) is -0.750. The lowest BCUT2D eigenvalue weighted by Crippen LogP contribution is -2.58. The van der Waals surface area contributed by atoms with Crippen molar-refractivity contribution in [2.75, 3.05) is 32.4 Å². The number of piperazine rings is 1. The maximum absolute atomic E-state index is 14.1. The Morgan fingerprint density at radius 3 is 2.60 bits per heavy atom. The number of hydrogen-bond acceptors (Lipinski definition) is 3. The van der Waals surface area contributed by atoms with Crippen molar-refractivity contribution in [2.45, 2.75) is 26.3 Å². The normalized spacial score (nSPS) is 19.1. The van der Waals surface area contributed by atoms with E-state index in [1.54, 1.807) is 17.9 Å². The molecule has 0 bridgehead atoms. The highest BCUT2D eigenvalue weighted by Crippen LogP contribution is 2.23. The van der Waals surface area contributed by atoms with Crippen LogP contribution < -0.4 is 5.73 Å². The number of rotatable bonds is 1. The van der Waals surface area contributed by atoms with Crippen LogP contribution in [0.15, 0.2) is 12.1 Å². The first-order valence-electron chi connectivity index (χ1n) is 6.78. The van der Waals surface area contributed by atoms with Gasteiger partial charge in [-0.25, -0.2) is 4.39 Å². The maximum atomic E-state index is 14.1. The molecule has 20 heavy (non-hydrogen) atoms. The molecule has 4 nitrogen and oxygen atoms in total. The van der Waals surface area contributed by atoms with Crippen LogP contribution in [0, 0.1) is 12.7 Å². The minimum atomic E-state index is -0.471. The van der Waals surface area contributed by atoms with Gasteiger partial charge < -0.3 is 10.6 Å². The lowest BCUT2D eigenvalue weighted by molar-refractivity contribution is 0.0308. The number of amides is 1. The topological polar surface area (TPSA) is 49.6 Å². The molecule has 1 amide bonds. The minimum absolute atomic E-state index is 0.0721. The average Bonchev–Trinajstić information content (AvgIpc) is 2.36. The molecule has 0 aliphatic carbocycles. The van der Waals surface area contributed by atoms with Gasteiger partial charge in [0.05, 0.1) is 5.56 Å². The first kappa shape index (κ1) is 14.8. The van der Waals surface area contributed by atoms with Gasteiger partial charge in [-0.2, -0.15) is 0 Å². The Hall–Kier alpha value is -1.62. The van der Waals surface area contributed by atoms with Crippen molar-refractivity contribution < 1.29 is 9.18 Å². The second-order valence-electron chi connectivity index (χ2n) is 6.16. The van der Waals surface area contributed by atoms with E-state index in [9.17, 15) is 9.18 Å². The molecule has 1 aliphatic heterocycles. The third-order valence-corrected chi connectivity index (χ3v) is 4.11. The van der Waals surface area contributed by atoms with E-state index in [1.165, 1.54) is 6.07 Å². The van der Waals surface area contributed by atoms with Crippen LogP contribution in [0.4, 0.5) is 10.1 Å². The molecule has 0 spiro atoms. The number of hydrogen-bond donors (Lipinski definition) is 1. The number of nitrogen functional groups attached to an aromatic ring is 1. The summed E-state index contributed by atoms with van der Waals surface area (Å²) in [7, 11) is 2.03. The summed E-state index contributed by atoms with van der Waals surface area (Å²) in [5.41, 5.74) is 6.51. The fourth-order valence-corrected chi connectivity index (χ4v) is 2.54. The van der Waals surface area contributed by atoms with Gasteiger partial charge in [-0.15, -0.1) is 0 Å². The fraction of sp³-hybridized carbons (Fsp3) is 0.533. The Morgan fingerprint density at radius 1 is 1.35 bits per heavy atom.